The van der Waals surface area contributed by atoms with E-state index in [1.54, 1.807) is 24.0 Å². The third-order valence-corrected chi connectivity index (χ3v) is 5.58. The largest absolute Gasteiger partial charge is 0.497 e. The van der Waals surface area contributed by atoms with Gasteiger partial charge in [0, 0.05) is 18.7 Å². The Labute approximate surface area is 151 Å². The first-order chi connectivity index (χ1) is 12.1. The minimum atomic E-state index is -0.262. The van der Waals surface area contributed by atoms with Gasteiger partial charge in [0.05, 0.1) is 33.2 Å². The molecule has 1 atom stereocenters. The third kappa shape index (κ3) is 3.85. The van der Waals surface area contributed by atoms with Crippen molar-refractivity contribution in [1.82, 2.24) is 9.80 Å². The predicted molar refractivity (Wildman–Crippen MR) is 93.9 cm³/mol. The first-order valence-electron chi connectivity index (χ1n) is 8.12. The first-order valence-corrected chi connectivity index (χ1v) is 9.17. The van der Waals surface area contributed by atoms with Crippen LogP contribution >= 0.6 is 11.8 Å². The van der Waals surface area contributed by atoms with Crippen LogP contribution < -0.4 is 9.47 Å². The normalized spacial score (nSPS) is 20.7. The number of rotatable bonds is 5. The molecule has 2 heterocycles. The Bertz CT molecular complexity index is 648. The van der Waals surface area contributed by atoms with Crippen LogP contribution in [0.3, 0.4) is 0 Å². The minimum absolute atomic E-state index is 0.0403. The number of benzene rings is 1. The highest BCUT2D eigenvalue weighted by atomic mass is 32.2. The summed E-state index contributed by atoms with van der Waals surface area (Å²) in [5.74, 6) is 1.63. The number of morpholine rings is 1. The Kier molecular flexibility index (Phi) is 5.70. The number of hydrogen-bond acceptors (Lipinski definition) is 6. The molecule has 2 saturated heterocycles. The van der Waals surface area contributed by atoms with Gasteiger partial charge in [-0.2, -0.15) is 0 Å². The number of carbonyl (C=O) groups excluding carboxylic acids is 2. The van der Waals surface area contributed by atoms with Crippen molar-refractivity contribution in [2.75, 3.05) is 52.8 Å². The molecule has 3 rings (SSSR count). The monoisotopic (exact) mass is 366 g/mol. The molecule has 7 nitrogen and oxygen atoms in total. The highest BCUT2D eigenvalue weighted by Crippen LogP contribution is 2.43. The standard InChI is InChI=1S/C17H22N2O5S/c1-22-12-3-4-14(23-2)13(9-12)17-19(16(21)11-25-17)10-15(20)18-5-7-24-8-6-18/h3-4,9,17H,5-8,10-11H2,1-2H3. The van der Waals surface area contributed by atoms with Crippen LogP contribution in [0.1, 0.15) is 10.9 Å². The number of nitrogens with zero attached hydrogens (tertiary/aromatic N) is 2. The molecule has 0 aliphatic carbocycles. The van der Waals surface area contributed by atoms with Crippen LogP contribution in [0.25, 0.3) is 0 Å². The molecule has 1 aromatic rings. The number of hydrogen-bond donors (Lipinski definition) is 0. The number of ether oxygens (including phenoxy) is 3. The average Bonchev–Trinajstić information content (AvgIpc) is 3.02. The van der Waals surface area contributed by atoms with Crippen LogP contribution in [0.15, 0.2) is 18.2 Å². The molecule has 0 N–H and O–H groups in total. The van der Waals surface area contributed by atoms with E-state index in [0.717, 1.165) is 5.56 Å². The van der Waals surface area contributed by atoms with Crippen LogP contribution in [-0.2, 0) is 14.3 Å². The Morgan fingerprint density at radius 2 is 2.04 bits per heavy atom. The molecule has 2 aliphatic heterocycles. The number of thioether (sulfide) groups is 1. The van der Waals surface area contributed by atoms with E-state index in [9.17, 15) is 9.59 Å². The van der Waals surface area contributed by atoms with Gasteiger partial charge >= 0.3 is 0 Å². The second-order valence-electron chi connectivity index (χ2n) is 5.79. The molecule has 1 aromatic carbocycles. The van der Waals surface area contributed by atoms with Gasteiger partial charge < -0.3 is 24.0 Å². The van der Waals surface area contributed by atoms with Crippen LogP contribution in [0, 0.1) is 0 Å². The summed E-state index contributed by atoms with van der Waals surface area (Å²) in [5.41, 5.74) is 0.840. The second kappa shape index (κ2) is 7.97. The molecule has 2 amide bonds. The molecule has 136 valence electrons. The predicted octanol–water partition coefficient (Wildman–Crippen LogP) is 1.14. The molecule has 1 unspecified atom stereocenters. The van der Waals surface area contributed by atoms with Gasteiger partial charge in [-0.25, -0.2) is 0 Å². The molecular weight excluding hydrogens is 344 g/mol. The van der Waals surface area contributed by atoms with E-state index in [-0.39, 0.29) is 23.7 Å². The SMILES string of the molecule is COc1ccc(OC)c(C2SCC(=O)N2CC(=O)N2CCOCC2)c1. The van der Waals surface area contributed by atoms with Gasteiger partial charge in [0.1, 0.15) is 23.4 Å². The number of amides is 2. The highest BCUT2D eigenvalue weighted by Gasteiger charge is 2.37. The van der Waals surface area contributed by atoms with Gasteiger partial charge in [-0.1, -0.05) is 0 Å². The van der Waals surface area contributed by atoms with Crippen LogP contribution in [-0.4, -0.2) is 74.4 Å². The van der Waals surface area contributed by atoms with E-state index < -0.39 is 0 Å². The summed E-state index contributed by atoms with van der Waals surface area (Å²) in [7, 11) is 3.19. The fraction of sp³-hybridized carbons (Fsp3) is 0.529. The molecule has 0 bridgehead atoms. The van der Waals surface area contributed by atoms with E-state index in [1.807, 2.05) is 18.2 Å². The molecule has 0 saturated carbocycles. The van der Waals surface area contributed by atoms with Crippen molar-refractivity contribution in [3.63, 3.8) is 0 Å². The molecule has 2 aliphatic rings. The molecular formula is C17H22N2O5S. The Hall–Kier alpha value is -1.93. The Morgan fingerprint density at radius 3 is 2.72 bits per heavy atom. The average molecular weight is 366 g/mol. The molecule has 2 fully saturated rings. The summed E-state index contributed by atoms with van der Waals surface area (Å²) < 4.78 is 16.0. The second-order valence-corrected chi connectivity index (χ2v) is 6.85. The van der Waals surface area contributed by atoms with E-state index in [2.05, 4.69) is 0 Å². The zero-order valence-corrected chi connectivity index (χ0v) is 15.2. The summed E-state index contributed by atoms with van der Waals surface area (Å²) >= 11 is 1.49. The maximum Gasteiger partial charge on any atom is 0.242 e. The van der Waals surface area contributed by atoms with Crippen LogP contribution in [0.2, 0.25) is 0 Å². The smallest absolute Gasteiger partial charge is 0.242 e. The van der Waals surface area contributed by atoms with Gasteiger partial charge in [-0.15, -0.1) is 11.8 Å². The lowest BCUT2D eigenvalue weighted by Crippen LogP contribution is -2.46. The van der Waals surface area contributed by atoms with Crippen LogP contribution in [0.4, 0.5) is 0 Å². The molecule has 25 heavy (non-hydrogen) atoms. The van der Waals surface area contributed by atoms with Crippen molar-refractivity contribution in [2.24, 2.45) is 0 Å². The van der Waals surface area contributed by atoms with Crippen molar-refractivity contribution in [3.05, 3.63) is 23.8 Å². The zero-order chi connectivity index (χ0) is 17.8. The Balaban J connectivity index is 1.81. The first kappa shape index (κ1) is 17.9. The van der Waals surface area contributed by atoms with E-state index >= 15 is 0 Å². The highest BCUT2D eigenvalue weighted by molar-refractivity contribution is 8.00. The third-order valence-electron chi connectivity index (χ3n) is 4.34. The summed E-state index contributed by atoms with van der Waals surface area (Å²) in [6.45, 7) is 2.29. The number of methoxy groups -OCH3 is 2. The number of carbonyl (C=O) groups is 2. The van der Waals surface area contributed by atoms with Crippen molar-refractivity contribution >= 4 is 23.6 Å². The van der Waals surface area contributed by atoms with Gasteiger partial charge in [0.25, 0.3) is 0 Å². The molecule has 8 heteroatoms. The van der Waals surface area contributed by atoms with Crippen molar-refractivity contribution in [2.45, 2.75) is 5.37 Å². The lowest BCUT2D eigenvalue weighted by Gasteiger charge is -2.31. The van der Waals surface area contributed by atoms with E-state index in [4.69, 9.17) is 14.2 Å². The maximum atomic E-state index is 12.6. The summed E-state index contributed by atoms with van der Waals surface area (Å²) in [6, 6.07) is 5.49. The molecule has 0 aromatic heterocycles. The van der Waals surface area contributed by atoms with Crippen molar-refractivity contribution in [1.29, 1.82) is 0 Å². The molecule has 0 radical (unpaired) electrons. The fourth-order valence-electron chi connectivity index (χ4n) is 2.97. The van der Waals surface area contributed by atoms with E-state index in [1.165, 1.54) is 11.8 Å². The summed E-state index contributed by atoms with van der Waals surface area (Å²) in [6.07, 6.45) is 0. The van der Waals surface area contributed by atoms with Crippen LogP contribution in [0.5, 0.6) is 11.5 Å². The topological polar surface area (TPSA) is 68.3 Å². The van der Waals surface area contributed by atoms with Crippen molar-refractivity contribution in [3.8, 4) is 11.5 Å². The van der Waals surface area contributed by atoms with Gasteiger partial charge in [-0.05, 0) is 18.2 Å². The Morgan fingerprint density at radius 1 is 1.28 bits per heavy atom. The fourth-order valence-corrected chi connectivity index (χ4v) is 4.18. The van der Waals surface area contributed by atoms with E-state index in [0.29, 0.717) is 43.6 Å². The minimum Gasteiger partial charge on any atom is -0.497 e. The zero-order valence-electron chi connectivity index (χ0n) is 14.4. The maximum absolute atomic E-state index is 12.6. The quantitative estimate of drug-likeness (QED) is 0.778. The lowest BCUT2D eigenvalue weighted by molar-refractivity contribution is -0.141. The van der Waals surface area contributed by atoms with Gasteiger partial charge in [-0.3, -0.25) is 9.59 Å². The summed E-state index contributed by atoms with van der Waals surface area (Å²) in [4.78, 5) is 28.3. The van der Waals surface area contributed by atoms with Crippen molar-refractivity contribution < 1.29 is 23.8 Å². The van der Waals surface area contributed by atoms with Gasteiger partial charge in [0.15, 0.2) is 0 Å². The van der Waals surface area contributed by atoms with Gasteiger partial charge in [0.2, 0.25) is 11.8 Å². The lowest BCUT2D eigenvalue weighted by atomic mass is 10.1. The summed E-state index contributed by atoms with van der Waals surface area (Å²) in [5, 5.41) is -0.262. The molecule has 0 spiro atoms.